The molecule has 1 saturated carbocycles. The van der Waals surface area contributed by atoms with E-state index in [1.165, 1.54) is 61.1 Å². The molecule has 144 heavy (non-hydrogen) atoms. The number of ether oxygens (including phenoxy) is 13. The van der Waals surface area contributed by atoms with Gasteiger partial charge in [0.25, 0.3) is 0 Å². The van der Waals surface area contributed by atoms with Crippen molar-refractivity contribution < 1.29 is 95.5 Å². The van der Waals surface area contributed by atoms with Gasteiger partial charge in [-0.3, -0.25) is 28.8 Å². The molecule has 0 unspecified atom stereocenters. The first kappa shape index (κ1) is 117. The fourth-order valence-corrected chi connectivity index (χ4v) is 16.9. The molecule has 0 atom stereocenters. The number of hydrogen-bond acceptors (Lipinski definition) is 20. The zero-order valence-electron chi connectivity index (χ0n) is 86.4. The molecule has 12 aromatic rings. The Hall–Kier alpha value is -12.2. The molecule has 0 radical (unpaired) electrons. The molecular formula is C118H132Cl6O20. The van der Waals surface area contributed by atoms with Gasteiger partial charge in [0.05, 0.1) is 125 Å². The number of esters is 6. The highest BCUT2D eigenvalue weighted by Gasteiger charge is 2.29. The van der Waals surface area contributed by atoms with Crippen LogP contribution in [0.5, 0.6) is 40.2 Å². The van der Waals surface area contributed by atoms with Crippen molar-refractivity contribution in [2.24, 2.45) is 0 Å². The topological polar surface area (TPSA) is 243 Å². The first-order valence-electron chi connectivity index (χ1n) is 47.3. The van der Waals surface area contributed by atoms with Crippen LogP contribution in [0, 0.1) is 96.9 Å². The predicted octanol–water partition coefficient (Wildman–Crippen LogP) is 27.5. The van der Waals surface area contributed by atoms with Crippen molar-refractivity contribution in [3.05, 3.63) is 373 Å². The molecule has 0 amide bonds. The number of carbonyl (C=O) groups excluding carboxylic acids is 6. The zero-order valence-corrected chi connectivity index (χ0v) is 90.9. The van der Waals surface area contributed by atoms with Crippen molar-refractivity contribution in [3.63, 3.8) is 0 Å². The smallest absolute Gasteiger partial charge is 0.309 e. The maximum atomic E-state index is 11.8. The van der Waals surface area contributed by atoms with Gasteiger partial charge in [0, 0.05) is 5.56 Å². The van der Waals surface area contributed by atoms with Crippen molar-refractivity contribution in [3.8, 4) is 40.2 Å². The summed E-state index contributed by atoms with van der Waals surface area (Å²) in [6.07, 6.45) is 4.52. The van der Waals surface area contributed by atoms with Gasteiger partial charge in [-0.1, -0.05) is 180 Å². The van der Waals surface area contributed by atoms with Gasteiger partial charge < -0.3 is 66.7 Å². The first-order chi connectivity index (χ1) is 68.7. The molecule has 13 rings (SSSR count). The Labute approximate surface area is 878 Å². The second kappa shape index (κ2) is 58.0. The highest BCUT2D eigenvalue weighted by molar-refractivity contribution is 6.34. The molecule has 1 N–H and O–H groups in total. The summed E-state index contributed by atoms with van der Waals surface area (Å²) in [4.78, 5) is 69.8. The largest absolute Gasteiger partial charge is 0.493 e. The van der Waals surface area contributed by atoms with Crippen molar-refractivity contribution >= 4 is 105 Å². The van der Waals surface area contributed by atoms with E-state index in [2.05, 4.69) is 19.1 Å². The minimum atomic E-state index is -0.337. The summed E-state index contributed by atoms with van der Waals surface area (Å²) in [5.74, 6) is 3.45. The Kier molecular flexibility index (Phi) is 47.2. The Bertz CT molecular complexity index is 6210. The number of methoxy groups -OCH3 is 6. The molecule has 20 nitrogen and oxygen atoms in total. The molecule has 766 valence electrons. The number of rotatable bonds is 35. The summed E-state index contributed by atoms with van der Waals surface area (Å²) in [5, 5.41) is 13.1. The minimum Gasteiger partial charge on any atom is -0.493 e. The standard InChI is InChI=1S/C21H23ClO3.C20H23ClO4.C20H23ClO3.C19H21ClO4.2C19H21ClO3/c1-13-9-19(22)20(10-14(13)2)25-12-18-16(11-21(23)24-3)5-4-6-17(18)15-7-8-15;1-5-24-18-8-6-7-15(11-20(22)23-4)16(18)12-25-19-10-14(3)13(2)9-17(19)21;1-5-15-7-6-8-16(11-20(22)23-4)17(15)12-24-19-10-14(3)13(2)9-18(19)21;1-12-7-17(20)18(8-13(12)2)24-11-16-14(9-19(22)23-3)5-4-6-15(16)10-21;2*1-12-6-5-7-15(10-19(21)22-4)16(12)11-23-18-9-14(3)13(2)8-17(18)20/h4-6,9-10,15H,7-8,11-12H2,1-3H3;6-10H,5,11-12H2,1-4H3;6-10H,5,11-12H2,1-4H3;4-8,21H,9-11H2,1-3H3;2*5-9H,10-11H2,1-4H3. The molecule has 0 aliphatic heterocycles. The molecule has 1 aliphatic carbocycles. The highest BCUT2D eigenvalue weighted by Crippen LogP contribution is 2.44. The fraction of sp³-hybridized carbons (Fsp3) is 0.339. The summed E-state index contributed by atoms with van der Waals surface area (Å²) < 4.78 is 70.0. The monoisotopic (exact) mass is 2080 g/mol. The second-order valence-electron chi connectivity index (χ2n) is 35.1. The van der Waals surface area contributed by atoms with E-state index >= 15 is 0 Å². The van der Waals surface area contributed by atoms with Crippen LogP contribution in [0.2, 0.25) is 30.1 Å². The number of hydrogen-bond donors (Lipinski definition) is 1. The molecule has 0 aromatic heterocycles. The number of aliphatic hydroxyl groups excluding tert-OH is 1. The molecule has 26 heteroatoms. The highest BCUT2D eigenvalue weighted by atomic mass is 35.5. The lowest BCUT2D eigenvalue weighted by Gasteiger charge is -2.16. The number of carbonyl (C=O) groups is 6. The maximum Gasteiger partial charge on any atom is 0.309 e. The van der Waals surface area contributed by atoms with Gasteiger partial charge in [0.1, 0.15) is 79.9 Å². The van der Waals surface area contributed by atoms with Crippen LogP contribution in [0.25, 0.3) is 0 Å². The van der Waals surface area contributed by atoms with E-state index in [0.29, 0.717) is 109 Å². The van der Waals surface area contributed by atoms with Crippen molar-refractivity contribution in [2.75, 3.05) is 49.3 Å². The molecule has 1 fully saturated rings. The van der Waals surface area contributed by atoms with Crippen LogP contribution in [0.1, 0.15) is 194 Å². The average Bonchev–Trinajstić information content (AvgIpc) is 1.64. The van der Waals surface area contributed by atoms with Crippen molar-refractivity contribution in [1.29, 1.82) is 0 Å². The molecule has 0 saturated heterocycles. The quantitative estimate of drug-likeness (QED) is 0.0287. The Morgan fingerprint density at radius 2 is 0.465 bits per heavy atom. The zero-order chi connectivity index (χ0) is 106. The van der Waals surface area contributed by atoms with E-state index in [1.54, 1.807) is 6.07 Å². The van der Waals surface area contributed by atoms with Crippen LogP contribution >= 0.6 is 69.6 Å². The molecule has 0 bridgehead atoms. The van der Waals surface area contributed by atoms with Gasteiger partial charge in [0.15, 0.2) is 0 Å². The molecule has 0 heterocycles. The molecule has 1 aliphatic rings. The molecule has 12 aromatic carbocycles. The number of benzene rings is 12. The fourth-order valence-electron chi connectivity index (χ4n) is 15.3. The first-order valence-corrected chi connectivity index (χ1v) is 49.5. The van der Waals surface area contributed by atoms with E-state index < -0.39 is 0 Å². The van der Waals surface area contributed by atoms with E-state index in [9.17, 15) is 33.9 Å². The van der Waals surface area contributed by atoms with E-state index in [-0.39, 0.29) is 94.2 Å². The third-order valence-corrected chi connectivity index (χ3v) is 26.8. The van der Waals surface area contributed by atoms with Crippen LogP contribution in [0.15, 0.2) is 182 Å². The van der Waals surface area contributed by atoms with Gasteiger partial charge in [-0.25, -0.2) is 0 Å². The summed E-state index contributed by atoms with van der Waals surface area (Å²) >= 11 is 37.7. The van der Waals surface area contributed by atoms with E-state index in [0.717, 1.165) is 162 Å². The third-order valence-electron chi connectivity index (χ3n) is 25.1. The molecular weight excluding hydrogens is 1950 g/mol. The Balaban J connectivity index is 0.000000211. The lowest BCUT2D eigenvalue weighted by atomic mass is 9.96. The van der Waals surface area contributed by atoms with Crippen LogP contribution in [-0.2, 0) is 148 Å². The predicted molar refractivity (Wildman–Crippen MR) is 572 cm³/mol. The second-order valence-corrected chi connectivity index (χ2v) is 37.5. The number of aryl methyl sites for hydroxylation is 15. The number of aliphatic hydroxyl groups is 1. The summed E-state index contributed by atoms with van der Waals surface area (Å²) in [5.41, 5.74) is 29.8. The van der Waals surface area contributed by atoms with Crippen molar-refractivity contribution in [1.82, 2.24) is 0 Å². The SMILES string of the molecule is CCOc1cccc(CC(=O)OC)c1COc1cc(C)c(C)cc1Cl.CCc1cccc(CC(=O)OC)c1COc1cc(C)c(C)cc1Cl.COC(=O)Cc1cccc(C)c1COc1cc(C)c(C)cc1Cl.COC(=O)Cc1cccc(C)c1COc1cc(C)c(C)cc1Cl.COC(=O)Cc1cccc(C2CC2)c1COc1cc(C)c(C)cc1Cl.COC(=O)Cc1cccc(CO)c1COc1cc(C)c(C)cc1Cl. The average molecular weight is 2080 g/mol. The maximum absolute atomic E-state index is 11.8. The van der Waals surface area contributed by atoms with Crippen molar-refractivity contribution in [2.45, 2.75) is 221 Å². The van der Waals surface area contributed by atoms with Gasteiger partial charge in [-0.05, 0) is 364 Å². The van der Waals surface area contributed by atoms with Gasteiger partial charge >= 0.3 is 35.8 Å². The summed E-state index contributed by atoms with van der Waals surface area (Å²) in [7, 11) is 8.32. The Morgan fingerprint density at radius 3 is 0.736 bits per heavy atom. The van der Waals surface area contributed by atoms with Crippen LogP contribution < -0.4 is 33.2 Å². The Morgan fingerprint density at radius 1 is 0.250 bits per heavy atom. The summed E-state index contributed by atoms with van der Waals surface area (Å²) in [6, 6.07) is 57.8. The van der Waals surface area contributed by atoms with E-state index in [4.69, 9.17) is 131 Å². The summed E-state index contributed by atoms with van der Waals surface area (Å²) in [6.45, 7) is 34.6. The van der Waals surface area contributed by atoms with Crippen LogP contribution in [0.3, 0.4) is 0 Å². The normalized spacial score (nSPS) is 11.0. The third kappa shape index (κ3) is 35.0. The lowest BCUT2D eigenvalue weighted by molar-refractivity contribution is -0.140. The van der Waals surface area contributed by atoms with Gasteiger partial charge in [-0.2, -0.15) is 0 Å². The number of halogens is 6. The van der Waals surface area contributed by atoms with Crippen LogP contribution in [0.4, 0.5) is 0 Å². The minimum absolute atomic E-state index is 0.129. The lowest BCUT2D eigenvalue weighted by Crippen LogP contribution is -2.11. The molecule has 0 spiro atoms. The van der Waals surface area contributed by atoms with E-state index in [1.807, 2.05) is 268 Å². The van der Waals surface area contributed by atoms with Gasteiger partial charge in [-0.15, -0.1) is 0 Å². The van der Waals surface area contributed by atoms with Crippen LogP contribution in [-0.4, -0.2) is 90.2 Å². The van der Waals surface area contributed by atoms with Gasteiger partial charge in [0.2, 0.25) is 0 Å².